The third kappa shape index (κ3) is 5.08. The van der Waals surface area contributed by atoms with Crippen LogP contribution in [0.3, 0.4) is 0 Å². The molecule has 1 atom stereocenters. The lowest BCUT2D eigenvalue weighted by atomic mass is 10.0. The zero-order chi connectivity index (χ0) is 15.9. The van der Waals surface area contributed by atoms with Gasteiger partial charge in [-0.3, -0.25) is 4.79 Å². The Balaban J connectivity index is 2.16. The highest BCUT2D eigenvalue weighted by Gasteiger charge is 2.16. The van der Waals surface area contributed by atoms with Gasteiger partial charge in [0.15, 0.2) is 0 Å². The highest BCUT2D eigenvalue weighted by atomic mass is 35.5. The van der Waals surface area contributed by atoms with Crippen LogP contribution in [0.1, 0.15) is 30.2 Å². The van der Waals surface area contributed by atoms with Crippen molar-refractivity contribution < 1.29 is 4.79 Å². The molecule has 1 N–H and O–H groups in total. The summed E-state index contributed by atoms with van der Waals surface area (Å²) in [6, 6.07) is 18.2. The zero-order valence-electron chi connectivity index (χ0n) is 12.8. The summed E-state index contributed by atoms with van der Waals surface area (Å²) in [5.41, 5.74) is 2.34. The Morgan fingerprint density at radius 1 is 1.05 bits per heavy atom. The van der Waals surface area contributed by atoms with Gasteiger partial charge >= 0.3 is 0 Å². The van der Waals surface area contributed by atoms with E-state index in [0.29, 0.717) is 5.75 Å². The van der Waals surface area contributed by atoms with Gasteiger partial charge in [0.05, 0.1) is 11.0 Å². The van der Waals surface area contributed by atoms with Crippen LogP contribution in [0.2, 0.25) is 5.02 Å². The lowest BCUT2D eigenvalue weighted by molar-refractivity contribution is -0.119. The molecule has 0 bridgehead atoms. The maximum absolute atomic E-state index is 11.9. The maximum atomic E-state index is 11.9. The Kier molecular flexibility index (Phi) is 6.34. The second-order valence-corrected chi connectivity index (χ2v) is 6.91. The third-order valence-electron chi connectivity index (χ3n) is 3.11. The lowest BCUT2D eigenvalue weighted by Crippen LogP contribution is -2.31. The Bertz CT molecular complexity index is 598. The summed E-state index contributed by atoms with van der Waals surface area (Å²) >= 11 is 7.60. The highest BCUT2D eigenvalue weighted by molar-refractivity contribution is 8.00. The number of benzene rings is 2. The van der Waals surface area contributed by atoms with E-state index in [1.165, 1.54) is 5.56 Å². The van der Waals surface area contributed by atoms with Crippen molar-refractivity contribution >= 4 is 29.3 Å². The smallest absolute Gasteiger partial charge is 0.230 e. The van der Waals surface area contributed by atoms with Crippen molar-refractivity contribution in [1.29, 1.82) is 0 Å². The van der Waals surface area contributed by atoms with Gasteiger partial charge in [0.1, 0.15) is 0 Å². The van der Waals surface area contributed by atoms with Gasteiger partial charge in [-0.15, -0.1) is 11.8 Å². The van der Waals surface area contributed by atoms with Gasteiger partial charge in [-0.25, -0.2) is 0 Å². The predicted octanol–water partition coefficient (Wildman–Crippen LogP) is 4.69. The molecule has 0 saturated heterocycles. The number of amides is 1. The summed E-state index contributed by atoms with van der Waals surface area (Å²) in [6.07, 6.45) is 0. The number of hydrogen-bond donors (Lipinski definition) is 1. The average Bonchev–Trinajstić information content (AvgIpc) is 2.49. The van der Waals surface area contributed by atoms with E-state index in [-0.39, 0.29) is 17.2 Å². The fourth-order valence-electron chi connectivity index (χ4n) is 2.17. The molecule has 0 aliphatic heterocycles. The highest BCUT2D eigenvalue weighted by Crippen LogP contribution is 2.35. The van der Waals surface area contributed by atoms with E-state index in [0.717, 1.165) is 10.6 Å². The van der Waals surface area contributed by atoms with Crippen molar-refractivity contribution in [2.75, 3.05) is 5.75 Å². The van der Waals surface area contributed by atoms with E-state index < -0.39 is 0 Å². The summed E-state index contributed by atoms with van der Waals surface area (Å²) < 4.78 is 0. The number of carbonyl (C=O) groups is 1. The molecule has 0 fully saturated rings. The summed E-state index contributed by atoms with van der Waals surface area (Å²) in [7, 11) is 0. The predicted molar refractivity (Wildman–Crippen MR) is 95.5 cm³/mol. The van der Waals surface area contributed by atoms with Crippen LogP contribution in [0.25, 0.3) is 0 Å². The van der Waals surface area contributed by atoms with E-state index in [9.17, 15) is 4.79 Å². The van der Waals surface area contributed by atoms with Crippen LogP contribution in [0.5, 0.6) is 0 Å². The largest absolute Gasteiger partial charge is 0.353 e. The van der Waals surface area contributed by atoms with Crippen LogP contribution in [0.4, 0.5) is 0 Å². The first-order valence-corrected chi connectivity index (χ1v) is 8.70. The Labute approximate surface area is 141 Å². The molecular formula is C18H20ClNOS. The molecule has 0 spiro atoms. The normalized spacial score (nSPS) is 12.2. The second-order valence-electron chi connectivity index (χ2n) is 5.38. The first-order chi connectivity index (χ1) is 10.6. The molecule has 22 heavy (non-hydrogen) atoms. The maximum Gasteiger partial charge on any atom is 0.230 e. The van der Waals surface area contributed by atoms with Gasteiger partial charge in [-0.05, 0) is 37.1 Å². The first kappa shape index (κ1) is 16.9. The van der Waals surface area contributed by atoms with Crippen molar-refractivity contribution in [2.24, 2.45) is 0 Å². The van der Waals surface area contributed by atoms with Crippen LogP contribution < -0.4 is 5.32 Å². The minimum atomic E-state index is 0.0647. The molecule has 1 amide bonds. The van der Waals surface area contributed by atoms with Gasteiger partial charge in [0.25, 0.3) is 0 Å². The number of hydrogen-bond acceptors (Lipinski definition) is 2. The summed E-state index contributed by atoms with van der Waals surface area (Å²) in [4.78, 5) is 11.9. The summed E-state index contributed by atoms with van der Waals surface area (Å²) in [5.74, 6) is 0.496. The molecule has 2 aromatic carbocycles. The molecule has 2 aromatic rings. The molecule has 0 radical (unpaired) electrons. The molecule has 0 aromatic heterocycles. The van der Waals surface area contributed by atoms with Crippen molar-refractivity contribution in [3.05, 3.63) is 70.7 Å². The van der Waals surface area contributed by atoms with Gasteiger partial charge in [0, 0.05) is 11.1 Å². The molecule has 0 unspecified atom stereocenters. The van der Waals surface area contributed by atoms with Gasteiger partial charge in [-0.1, -0.05) is 54.1 Å². The number of nitrogens with one attached hydrogen (secondary N) is 1. The average molecular weight is 334 g/mol. The molecule has 116 valence electrons. The first-order valence-electron chi connectivity index (χ1n) is 7.27. The quantitative estimate of drug-likeness (QED) is 0.831. The number of carbonyl (C=O) groups excluding carboxylic acids is 1. The second kappa shape index (κ2) is 8.25. The van der Waals surface area contributed by atoms with Crippen molar-refractivity contribution in [3.8, 4) is 0 Å². The number of rotatable bonds is 6. The molecule has 4 heteroatoms. The molecule has 0 saturated carbocycles. The zero-order valence-corrected chi connectivity index (χ0v) is 14.3. The van der Waals surface area contributed by atoms with Crippen molar-refractivity contribution in [3.63, 3.8) is 0 Å². The van der Waals surface area contributed by atoms with E-state index in [1.54, 1.807) is 11.8 Å². The fourth-order valence-corrected chi connectivity index (χ4v) is 3.40. The van der Waals surface area contributed by atoms with Crippen LogP contribution in [0.15, 0.2) is 54.6 Å². The SMILES string of the molecule is CC(C)NC(=O)CS[C@@H](c1ccccc1)c1ccc(Cl)cc1. The monoisotopic (exact) mass is 333 g/mol. The third-order valence-corrected chi connectivity index (χ3v) is 4.66. The minimum Gasteiger partial charge on any atom is -0.353 e. The topological polar surface area (TPSA) is 29.1 Å². The van der Waals surface area contributed by atoms with E-state index in [1.807, 2.05) is 56.3 Å². The van der Waals surface area contributed by atoms with Crippen LogP contribution in [-0.2, 0) is 4.79 Å². The molecule has 0 aliphatic carbocycles. The fraction of sp³-hybridized carbons (Fsp3) is 0.278. The molecule has 0 heterocycles. The Morgan fingerprint density at radius 2 is 1.64 bits per heavy atom. The summed E-state index contributed by atoms with van der Waals surface area (Å²) in [5, 5.41) is 3.77. The Morgan fingerprint density at radius 3 is 2.23 bits per heavy atom. The van der Waals surface area contributed by atoms with Gasteiger partial charge in [-0.2, -0.15) is 0 Å². The Hall–Kier alpha value is -1.45. The standard InChI is InChI=1S/C18H20ClNOS/c1-13(2)20-17(21)12-22-18(14-6-4-3-5-7-14)15-8-10-16(19)11-9-15/h3-11,13,18H,12H2,1-2H3,(H,20,21)/t18-/m0/s1. The van der Waals surface area contributed by atoms with Gasteiger partial charge < -0.3 is 5.32 Å². The van der Waals surface area contributed by atoms with E-state index in [4.69, 9.17) is 11.6 Å². The lowest BCUT2D eigenvalue weighted by Gasteiger charge is -2.18. The van der Waals surface area contributed by atoms with Crippen LogP contribution >= 0.6 is 23.4 Å². The molecule has 2 rings (SSSR count). The molecule has 2 nitrogen and oxygen atoms in total. The molecular weight excluding hydrogens is 314 g/mol. The van der Waals surface area contributed by atoms with Crippen molar-refractivity contribution in [1.82, 2.24) is 5.32 Å². The van der Waals surface area contributed by atoms with Gasteiger partial charge in [0.2, 0.25) is 5.91 Å². The van der Waals surface area contributed by atoms with Crippen molar-refractivity contribution in [2.45, 2.75) is 25.1 Å². The number of halogens is 1. The van der Waals surface area contributed by atoms with Crippen LogP contribution in [0, 0.1) is 0 Å². The summed E-state index contributed by atoms with van der Waals surface area (Å²) in [6.45, 7) is 3.94. The molecule has 0 aliphatic rings. The van der Waals surface area contributed by atoms with Crippen LogP contribution in [-0.4, -0.2) is 17.7 Å². The minimum absolute atomic E-state index is 0.0647. The van der Waals surface area contributed by atoms with E-state index >= 15 is 0 Å². The number of thioether (sulfide) groups is 1. The van der Waals surface area contributed by atoms with E-state index in [2.05, 4.69) is 17.4 Å².